The zero-order valence-corrected chi connectivity index (χ0v) is 18.8. The Balaban J connectivity index is 1.91. The Morgan fingerprint density at radius 2 is 1.59 bits per heavy atom. The van der Waals surface area contributed by atoms with E-state index in [-0.39, 0.29) is 12.0 Å². The van der Waals surface area contributed by atoms with Gasteiger partial charge in [-0.25, -0.2) is 0 Å². The van der Waals surface area contributed by atoms with Gasteiger partial charge < -0.3 is 10.2 Å². The predicted octanol–water partition coefficient (Wildman–Crippen LogP) is 6.12. The molecule has 0 aromatic rings. The monoisotopic (exact) mass is 376 g/mol. The van der Waals surface area contributed by atoms with E-state index >= 15 is 0 Å². The molecule has 0 heterocycles. The fourth-order valence-electron chi connectivity index (χ4n) is 8.35. The van der Waals surface area contributed by atoms with Gasteiger partial charge in [-0.2, -0.15) is 0 Å². The molecule has 27 heavy (non-hydrogen) atoms. The Kier molecular flexibility index (Phi) is 5.67. The highest BCUT2D eigenvalue weighted by molar-refractivity contribution is 5.13. The molecule has 3 saturated carbocycles. The van der Waals surface area contributed by atoms with Gasteiger partial charge in [0.1, 0.15) is 0 Å². The molecule has 3 aliphatic rings. The van der Waals surface area contributed by atoms with Crippen molar-refractivity contribution in [1.29, 1.82) is 0 Å². The van der Waals surface area contributed by atoms with Gasteiger partial charge in [0.05, 0.1) is 12.2 Å². The minimum absolute atomic E-state index is 0.127. The van der Waals surface area contributed by atoms with Crippen molar-refractivity contribution in [2.75, 3.05) is 6.61 Å². The summed E-state index contributed by atoms with van der Waals surface area (Å²) in [4.78, 5) is 0. The highest BCUT2D eigenvalue weighted by Crippen LogP contribution is 2.70. The van der Waals surface area contributed by atoms with E-state index in [4.69, 9.17) is 0 Å². The first kappa shape index (κ1) is 21.4. The third kappa shape index (κ3) is 3.54. The molecule has 2 heteroatoms. The second-order valence-electron chi connectivity index (χ2n) is 11.7. The number of allylic oxidation sites excluding steroid dienone is 1. The normalized spacial score (nSPS) is 47.3. The minimum Gasteiger partial charge on any atom is -0.392 e. The zero-order valence-electron chi connectivity index (χ0n) is 18.8. The molecular formula is C25H44O2. The molecule has 3 fully saturated rings. The highest BCUT2D eigenvalue weighted by Gasteiger charge is 2.63. The number of hydrogen-bond donors (Lipinski definition) is 2. The Hall–Kier alpha value is -0.340. The fourth-order valence-corrected chi connectivity index (χ4v) is 8.35. The van der Waals surface area contributed by atoms with E-state index in [0.717, 1.165) is 31.1 Å². The van der Waals surface area contributed by atoms with Crippen molar-refractivity contribution < 1.29 is 10.2 Å². The van der Waals surface area contributed by atoms with Crippen LogP contribution >= 0.6 is 0 Å². The summed E-state index contributed by atoms with van der Waals surface area (Å²) >= 11 is 0. The molecule has 0 amide bonds. The molecule has 3 aliphatic carbocycles. The lowest BCUT2D eigenvalue weighted by molar-refractivity contribution is -0.211. The topological polar surface area (TPSA) is 40.5 Å². The van der Waals surface area contributed by atoms with Gasteiger partial charge in [0.25, 0.3) is 0 Å². The van der Waals surface area contributed by atoms with Gasteiger partial charge >= 0.3 is 0 Å². The summed E-state index contributed by atoms with van der Waals surface area (Å²) in [5.41, 5.74) is 1.83. The molecule has 6 atom stereocenters. The maximum Gasteiger partial charge on any atom is 0.0653 e. The Morgan fingerprint density at radius 3 is 2.26 bits per heavy atom. The van der Waals surface area contributed by atoms with Crippen molar-refractivity contribution >= 4 is 0 Å². The molecule has 2 nitrogen and oxygen atoms in total. The molecule has 0 unspecified atom stereocenters. The first-order valence-electron chi connectivity index (χ1n) is 11.5. The van der Waals surface area contributed by atoms with Crippen LogP contribution in [-0.4, -0.2) is 22.4 Å². The standard InChI is InChI=1S/C25H44O2/c1-18(12-17-26)8-9-21-24(5)15-10-19-22(2,3)13-7-14-23(19,4)20(24)11-16-25(21,6)27/h12,19-21,26-27H,7-11,13-17H2,1-6H3/b18-12+/t19-,20+,21-,23-,24+,25-/m0/s1. The summed E-state index contributed by atoms with van der Waals surface area (Å²) in [5, 5.41) is 20.6. The SMILES string of the molecule is C/C(=C\CO)CC[C@H]1[C@]2(C)CC[C@H]3C(C)(C)CCC[C@]3(C)[C@H]2CC[C@]1(C)O. The van der Waals surface area contributed by atoms with Crippen LogP contribution in [-0.2, 0) is 0 Å². The molecule has 156 valence electrons. The largest absolute Gasteiger partial charge is 0.392 e. The molecule has 0 spiro atoms. The van der Waals surface area contributed by atoms with Crippen molar-refractivity contribution in [1.82, 2.24) is 0 Å². The van der Waals surface area contributed by atoms with Gasteiger partial charge in [0, 0.05) is 0 Å². The highest BCUT2D eigenvalue weighted by atomic mass is 16.3. The van der Waals surface area contributed by atoms with Crippen LogP contribution < -0.4 is 0 Å². The molecule has 0 bridgehead atoms. The van der Waals surface area contributed by atoms with Crippen molar-refractivity contribution in [3.8, 4) is 0 Å². The quantitative estimate of drug-likeness (QED) is 0.581. The van der Waals surface area contributed by atoms with E-state index in [2.05, 4.69) is 41.5 Å². The van der Waals surface area contributed by atoms with Crippen LogP contribution in [0.25, 0.3) is 0 Å². The molecule has 2 N–H and O–H groups in total. The van der Waals surface area contributed by atoms with Crippen molar-refractivity contribution in [2.24, 2.45) is 34.0 Å². The van der Waals surface area contributed by atoms with Crippen molar-refractivity contribution in [3.63, 3.8) is 0 Å². The van der Waals surface area contributed by atoms with Crippen LogP contribution in [0.15, 0.2) is 11.6 Å². The lowest BCUT2D eigenvalue weighted by Crippen LogP contribution is -2.62. The van der Waals surface area contributed by atoms with E-state index in [0.29, 0.717) is 16.7 Å². The van der Waals surface area contributed by atoms with Gasteiger partial charge in [-0.15, -0.1) is 0 Å². The first-order valence-corrected chi connectivity index (χ1v) is 11.5. The average molecular weight is 377 g/mol. The third-order valence-electron chi connectivity index (χ3n) is 9.59. The van der Waals surface area contributed by atoms with E-state index in [1.54, 1.807) is 0 Å². The molecule has 0 radical (unpaired) electrons. The molecular weight excluding hydrogens is 332 g/mol. The van der Waals surface area contributed by atoms with E-state index in [1.165, 1.54) is 44.1 Å². The Labute approximate surface area is 167 Å². The summed E-state index contributed by atoms with van der Waals surface area (Å²) in [5.74, 6) is 1.92. The van der Waals surface area contributed by atoms with Crippen molar-refractivity contribution in [3.05, 3.63) is 11.6 Å². The van der Waals surface area contributed by atoms with Crippen LogP contribution in [0.3, 0.4) is 0 Å². The summed E-state index contributed by atoms with van der Waals surface area (Å²) in [6.45, 7) is 14.5. The van der Waals surface area contributed by atoms with Crippen LogP contribution in [0.5, 0.6) is 0 Å². The summed E-state index contributed by atoms with van der Waals surface area (Å²) in [6.07, 6.45) is 12.8. The lowest BCUT2D eigenvalue weighted by Gasteiger charge is -2.67. The zero-order chi connectivity index (χ0) is 20.1. The summed E-state index contributed by atoms with van der Waals surface area (Å²) in [6, 6.07) is 0. The molecule has 0 aromatic heterocycles. The summed E-state index contributed by atoms with van der Waals surface area (Å²) < 4.78 is 0. The fraction of sp³-hybridized carbons (Fsp3) is 0.920. The van der Waals surface area contributed by atoms with E-state index in [1.807, 2.05) is 6.08 Å². The van der Waals surface area contributed by atoms with Crippen molar-refractivity contribution in [2.45, 2.75) is 105 Å². The van der Waals surface area contributed by atoms with Gasteiger partial charge in [-0.1, -0.05) is 45.8 Å². The number of aliphatic hydroxyl groups excluding tert-OH is 1. The minimum atomic E-state index is -0.557. The van der Waals surface area contributed by atoms with Gasteiger partial charge in [0.15, 0.2) is 0 Å². The number of aliphatic hydroxyl groups is 2. The van der Waals surface area contributed by atoms with E-state index in [9.17, 15) is 10.2 Å². The second kappa shape index (κ2) is 7.17. The van der Waals surface area contributed by atoms with Gasteiger partial charge in [-0.3, -0.25) is 0 Å². The smallest absolute Gasteiger partial charge is 0.0653 e. The van der Waals surface area contributed by atoms with Crippen LogP contribution in [0, 0.1) is 34.0 Å². The third-order valence-corrected chi connectivity index (χ3v) is 9.59. The van der Waals surface area contributed by atoms with Gasteiger partial charge in [0.2, 0.25) is 0 Å². The lowest BCUT2D eigenvalue weighted by atomic mass is 9.38. The summed E-state index contributed by atoms with van der Waals surface area (Å²) in [7, 11) is 0. The number of fused-ring (bicyclic) bond motifs is 3. The first-order chi connectivity index (χ1) is 12.5. The maximum atomic E-state index is 11.4. The number of rotatable bonds is 4. The average Bonchev–Trinajstić information content (AvgIpc) is 2.52. The second-order valence-corrected chi connectivity index (χ2v) is 11.7. The molecule has 0 saturated heterocycles. The maximum absolute atomic E-state index is 11.4. The van der Waals surface area contributed by atoms with Gasteiger partial charge in [-0.05, 0) is 99.2 Å². The molecule has 3 rings (SSSR count). The van der Waals surface area contributed by atoms with E-state index < -0.39 is 5.60 Å². The Bertz CT molecular complexity index is 575. The van der Waals surface area contributed by atoms with Crippen LogP contribution in [0.1, 0.15) is 99.3 Å². The molecule has 0 aliphatic heterocycles. The Morgan fingerprint density at radius 1 is 0.926 bits per heavy atom. The predicted molar refractivity (Wildman–Crippen MR) is 113 cm³/mol. The number of hydrogen-bond acceptors (Lipinski definition) is 2. The molecule has 0 aromatic carbocycles. The van der Waals surface area contributed by atoms with Crippen LogP contribution in [0.4, 0.5) is 0 Å². The van der Waals surface area contributed by atoms with Crippen LogP contribution in [0.2, 0.25) is 0 Å².